The number of hydrogen-bond donors (Lipinski definition) is 3. The normalized spacial score (nSPS) is 12.4. The molecule has 0 bridgehead atoms. The number of nitrogens with zero attached hydrogens (tertiary/aromatic N) is 2. The molecule has 6 heteroatoms. The van der Waals surface area contributed by atoms with Crippen LogP contribution in [0.25, 0.3) is 0 Å². The van der Waals surface area contributed by atoms with Crippen LogP contribution in [-0.2, 0) is 11.3 Å². The van der Waals surface area contributed by atoms with Gasteiger partial charge in [-0.3, -0.25) is 9.48 Å². The van der Waals surface area contributed by atoms with Gasteiger partial charge in [0.1, 0.15) is 0 Å². The molecule has 1 amide bonds. The molecule has 0 aliphatic heterocycles. The van der Waals surface area contributed by atoms with Crippen molar-refractivity contribution in [2.45, 2.75) is 19.1 Å². The Kier molecular flexibility index (Phi) is 5.52. The summed E-state index contributed by atoms with van der Waals surface area (Å²) in [5.74, 6) is -0.00549. The monoisotopic (exact) mass is 226 g/mol. The number of hydrogen-bond acceptors (Lipinski definition) is 4. The lowest BCUT2D eigenvalue weighted by Gasteiger charge is -2.11. The van der Waals surface area contributed by atoms with E-state index in [0.29, 0.717) is 26.1 Å². The van der Waals surface area contributed by atoms with E-state index in [0.717, 1.165) is 0 Å². The maximum absolute atomic E-state index is 10.9. The molecule has 0 saturated carbocycles. The molecule has 1 rings (SSSR count). The van der Waals surface area contributed by atoms with Crippen molar-refractivity contribution in [3.8, 4) is 0 Å². The van der Waals surface area contributed by atoms with Crippen molar-refractivity contribution in [2.75, 3.05) is 20.1 Å². The summed E-state index contributed by atoms with van der Waals surface area (Å²) in [5, 5.41) is 19.2. The zero-order valence-corrected chi connectivity index (χ0v) is 9.39. The van der Waals surface area contributed by atoms with Crippen molar-refractivity contribution in [2.24, 2.45) is 0 Å². The largest absolute Gasteiger partial charge is 0.390 e. The lowest BCUT2D eigenvalue weighted by molar-refractivity contribution is -0.120. The third-order valence-corrected chi connectivity index (χ3v) is 2.14. The smallest absolute Gasteiger partial charge is 0.221 e. The highest BCUT2D eigenvalue weighted by atomic mass is 16.3. The Morgan fingerprint density at radius 3 is 3.06 bits per heavy atom. The summed E-state index contributed by atoms with van der Waals surface area (Å²) in [7, 11) is 1.61. The summed E-state index contributed by atoms with van der Waals surface area (Å²) in [4.78, 5) is 10.9. The van der Waals surface area contributed by atoms with Crippen LogP contribution in [0.1, 0.15) is 6.42 Å². The van der Waals surface area contributed by atoms with E-state index in [4.69, 9.17) is 0 Å². The zero-order chi connectivity index (χ0) is 11.8. The van der Waals surface area contributed by atoms with Crippen molar-refractivity contribution >= 4 is 5.91 Å². The molecule has 1 unspecified atom stereocenters. The fraction of sp³-hybridized carbons (Fsp3) is 0.600. The Balaban J connectivity index is 2.06. The minimum atomic E-state index is -0.496. The number of aliphatic hydroxyl groups is 1. The molecule has 0 spiro atoms. The molecule has 3 N–H and O–H groups in total. The first-order valence-electron chi connectivity index (χ1n) is 5.29. The molecular formula is C10H18N4O2. The molecule has 90 valence electrons. The molecule has 0 radical (unpaired) electrons. The van der Waals surface area contributed by atoms with Gasteiger partial charge in [0.15, 0.2) is 0 Å². The average Bonchev–Trinajstić information content (AvgIpc) is 2.76. The van der Waals surface area contributed by atoms with Crippen LogP contribution < -0.4 is 10.6 Å². The number of amides is 1. The van der Waals surface area contributed by atoms with E-state index in [9.17, 15) is 9.90 Å². The lowest BCUT2D eigenvalue weighted by Crippen LogP contribution is -2.33. The van der Waals surface area contributed by atoms with Crippen LogP contribution in [0, 0.1) is 0 Å². The van der Waals surface area contributed by atoms with Crippen LogP contribution in [0.4, 0.5) is 0 Å². The first-order valence-corrected chi connectivity index (χ1v) is 5.29. The maximum atomic E-state index is 10.9. The number of carbonyl (C=O) groups excluding carboxylic acids is 1. The van der Waals surface area contributed by atoms with Crippen LogP contribution in [-0.4, -0.2) is 47.0 Å². The topological polar surface area (TPSA) is 79.2 Å². The summed E-state index contributed by atoms with van der Waals surface area (Å²) in [5.41, 5.74) is 0. The lowest BCUT2D eigenvalue weighted by atomic mass is 10.3. The maximum Gasteiger partial charge on any atom is 0.221 e. The van der Waals surface area contributed by atoms with E-state index in [1.165, 1.54) is 0 Å². The highest BCUT2D eigenvalue weighted by Gasteiger charge is 2.05. The van der Waals surface area contributed by atoms with Gasteiger partial charge in [0, 0.05) is 39.0 Å². The number of carbonyl (C=O) groups is 1. The molecule has 0 aliphatic carbocycles. The van der Waals surface area contributed by atoms with E-state index in [1.54, 1.807) is 24.1 Å². The molecule has 0 aromatic carbocycles. The third kappa shape index (κ3) is 4.90. The first kappa shape index (κ1) is 12.7. The van der Waals surface area contributed by atoms with Gasteiger partial charge in [0.2, 0.25) is 5.91 Å². The quantitative estimate of drug-likeness (QED) is 0.519. The first-order chi connectivity index (χ1) is 7.72. The zero-order valence-electron chi connectivity index (χ0n) is 9.39. The summed E-state index contributed by atoms with van der Waals surface area (Å²) < 4.78 is 1.67. The molecule has 1 aromatic rings. The fourth-order valence-electron chi connectivity index (χ4n) is 1.28. The molecular weight excluding hydrogens is 208 g/mol. The van der Waals surface area contributed by atoms with Gasteiger partial charge < -0.3 is 15.7 Å². The van der Waals surface area contributed by atoms with Gasteiger partial charge in [-0.25, -0.2) is 0 Å². The molecule has 6 nitrogen and oxygen atoms in total. The van der Waals surface area contributed by atoms with Gasteiger partial charge in [0.25, 0.3) is 0 Å². The van der Waals surface area contributed by atoms with Gasteiger partial charge in [-0.05, 0) is 6.07 Å². The molecule has 0 saturated heterocycles. The number of aromatic nitrogens is 2. The fourth-order valence-corrected chi connectivity index (χ4v) is 1.28. The van der Waals surface area contributed by atoms with Crippen LogP contribution in [0.15, 0.2) is 18.5 Å². The Morgan fingerprint density at radius 1 is 1.62 bits per heavy atom. The Morgan fingerprint density at radius 2 is 2.44 bits per heavy atom. The second kappa shape index (κ2) is 6.97. The van der Waals surface area contributed by atoms with Crippen molar-refractivity contribution in [3.05, 3.63) is 18.5 Å². The molecule has 0 aliphatic rings. The number of aliphatic hydroxyl groups excluding tert-OH is 1. The third-order valence-electron chi connectivity index (χ3n) is 2.14. The van der Waals surface area contributed by atoms with Crippen molar-refractivity contribution in [1.82, 2.24) is 20.4 Å². The van der Waals surface area contributed by atoms with Gasteiger partial charge in [-0.2, -0.15) is 5.10 Å². The van der Waals surface area contributed by atoms with Gasteiger partial charge >= 0.3 is 0 Å². The standard InChI is InChI=1S/C10H18N4O2/c1-11-10(16)3-5-12-7-9(15)8-14-6-2-4-13-14/h2,4,6,9,12,15H,3,5,7-8H2,1H3,(H,11,16). The summed E-state index contributed by atoms with van der Waals surface area (Å²) in [6.45, 7) is 1.48. The Labute approximate surface area is 94.6 Å². The van der Waals surface area contributed by atoms with E-state index in [-0.39, 0.29) is 5.91 Å². The minimum Gasteiger partial charge on any atom is -0.390 e. The number of rotatable bonds is 7. The molecule has 1 atom stereocenters. The summed E-state index contributed by atoms with van der Waals surface area (Å²) >= 11 is 0. The van der Waals surface area contributed by atoms with E-state index in [2.05, 4.69) is 15.7 Å². The van der Waals surface area contributed by atoms with Crippen LogP contribution in [0.2, 0.25) is 0 Å². The molecule has 16 heavy (non-hydrogen) atoms. The van der Waals surface area contributed by atoms with Crippen molar-refractivity contribution in [1.29, 1.82) is 0 Å². The Bertz CT molecular complexity index is 300. The van der Waals surface area contributed by atoms with Crippen LogP contribution >= 0.6 is 0 Å². The van der Waals surface area contributed by atoms with E-state index >= 15 is 0 Å². The van der Waals surface area contributed by atoms with Crippen LogP contribution in [0.5, 0.6) is 0 Å². The highest BCUT2D eigenvalue weighted by molar-refractivity contribution is 5.75. The Hall–Kier alpha value is -1.40. The van der Waals surface area contributed by atoms with Gasteiger partial charge in [-0.1, -0.05) is 0 Å². The molecule has 0 fully saturated rings. The predicted octanol–water partition coefficient (Wildman–Crippen LogP) is -1.03. The highest BCUT2D eigenvalue weighted by Crippen LogP contribution is 1.90. The SMILES string of the molecule is CNC(=O)CCNCC(O)Cn1cccn1. The average molecular weight is 226 g/mol. The van der Waals surface area contributed by atoms with E-state index in [1.807, 2.05) is 6.07 Å². The molecule has 1 aromatic heterocycles. The van der Waals surface area contributed by atoms with Gasteiger partial charge in [0.05, 0.1) is 12.6 Å². The van der Waals surface area contributed by atoms with Crippen molar-refractivity contribution < 1.29 is 9.90 Å². The summed E-state index contributed by atoms with van der Waals surface area (Å²) in [6.07, 6.45) is 3.40. The number of nitrogens with one attached hydrogen (secondary N) is 2. The predicted molar refractivity (Wildman–Crippen MR) is 59.8 cm³/mol. The van der Waals surface area contributed by atoms with E-state index < -0.39 is 6.10 Å². The second-order valence-corrected chi connectivity index (χ2v) is 3.51. The van der Waals surface area contributed by atoms with Gasteiger partial charge in [-0.15, -0.1) is 0 Å². The molecule has 1 heterocycles. The van der Waals surface area contributed by atoms with Crippen molar-refractivity contribution in [3.63, 3.8) is 0 Å². The second-order valence-electron chi connectivity index (χ2n) is 3.51. The summed E-state index contributed by atoms with van der Waals surface area (Å²) in [6, 6.07) is 1.81. The minimum absolute atomic E-state index is 0.00549. The van der Waals surface area contributed by atoms with Crippen LogP contribution in [0.3, 0.4) is 0 Å².